The van der Waals surface area contributed by atoms with E-state index in [-0.39, 0.29) is 5.92 Å². The number of likely N-dealkylation sites (tertiary alicyclic amines) is 1. The first-order chi connectivity index (χ1) is 15.0. The highest BCUT2D eigenvalue weighted by atomic mass is 16.4. The van der Waals surface area contributed by atoms with Gasteiger partial charge in [-0.25, -0.2) is 4.79 Å². The van der Waals surface area contributed by atoms with Gasteiger partial charge in [0.1, 0.15) is 24.2 Å². The minimum Gasteiger partial charge on any atom is -0.480 e. The quantitative estimate of drug-likeness (QED) is 0.188. The number of aliphatic carboxylic acids is 1. The number of unbranched alkanes of at least 4 members (excludes halogenated alkanes) is 1. The number of rotatable bonds is 13. The van der Waals surface area contributed by atoms with Gasteiger partial charge in [0.05, 0.1) is 6.10 Å². The van der Waals surface area contributed by atoms with Crippen molar-refractivity contribution in [2.45, 2.75) is 89.6 Å². The molecule has 0 aliphatic carbocycles. The third-order valence-corrected chi connectivity index (χ3v) is 6.00. The second kappa shape index (κ2) is 13.3. The zero-order valence-corrected chi connectivity index (χ0v) is 19.3. The Bertz CT molecular complexity index is 659. The van der Waals surface area contributed by atoms with Crippen LogP contribution < -0.4 is 22.1 Å². The molecule has 0 radical (unpaired) electrons. The fourth-order valence-corrected chi connectivity index (χ4v) is 3.67. The molecule has 1 heterocycles. The van der Waals surface area contributed by atoms with Gasteiger partial charge in [0.2, 0.25) is 17.7 Å². The molecule has 1 fully saturated rings. The van der Waals surface area contributed by atoms with Gasteiger partial charge in [-0.05, 0) is 51.5 Å². The maximum absolute atomic E-state index is 13.1. The number of nitrogens with two attached hydrogens (primary N) is 2. The van der Waals surface area contributed by atoms with E-state index in [2.05, 4.69) is 10.6 Å². The summed E-state index contributed by atoms with van der Waals surface area (Å²) in [5.74, 6) is -3.01. The zero-order chi connectivity index (χ0) is 24.4. The van der Waals surface area contributed by atoms with Gasteiger partial charge in [-0.3, -0.25) is 14.4 Å². The third-order valence-electron chi connectivity index (χ3n) is 6.00. The van der Waals surface area contributed by atoms with Gasteiger partial charge in [0.15, 0.2) is 0 Å². The minimum absolute atomic E-state index is 0.265. The average molecular weight is 458 g/mol. The van der Waals surface area contributed by atoms with Crippen LogP contribution in [0.4, 0.5) is 0 Å². The van der Waals surface area contributed by atoms with Crippen LogP contribution in [-0.4, -0.2) is 82.2 Å². The number of aliphatic hydroxyl groups is 1. The van der Waals surface area contributed by atoms with Crippen molar-refractivity contribution in [2.75, 3.05) is 13.1 Å². The number of aliphatic hydroxyl groups excluding tert-OH is 1. The lowest BCUT2D eigenvalue weighted by molar-refractivity contribution is -0.149. The Hall–Kier alpha value is -2.24. The SMILES string of the molecule is CCC(C)C(NC(=O)C(N)C(C)O)C(=O)NC(CCCCN)C(=O)N1CCCC1C(=O)O. The number of carbonyl (C=O) groups is 4. The lowest BCUT2D eigenvalue weighted by Crippen LogP contribution is -2.59. The molecule has 8 N–H and O–H groups in total. The maximum Gasteiger partial charge on any atom is 0.326 e. The van der Waals surface area contributed by atoms with E-state index < -0.39 is 54.0 Å². The Morgan fingerprint density at radius 1 is 1.12 bits per heavy atom. The van der Waals surface area contributed by atoms with Crippen molar-refractivity contribution in [1.82, 2.24) is 15.5 Å². The first kappa shape index (κ1) is 27.8. The van der Waals surface area contributed by atoms with E-state index in [1.165, 1.54) is 11.8 Å². The van der Waals surface area contributed by atoms with Crippen LogP contribution in [0.25, 0.3) is 0 Å². The molecule has 1 aliphatic rings. The summed E-state index contributed by atoms with van der Waals surface area (Å²) in [4.78, 5) is 51.4. The highest BCUT2D eigenvalue weighted by molar-refractivity contribution is 5.94. The fraction of sp³-hybridized carbons (Fsp3) is 0.810. The van der Waals surface area contributed by atoms with Crippen molar-refractivity contribution in [3.8, 4) is 0 Å². The molecule has 0 aromatic carbocycles. The lowest BCUT2D eigenvalue weighted by Gasteiger charge is -2.30. The molecule has 32 heavy (non-hydrogen) atoms. The van der Waals surface area contributed by atoms with Gasteiger partial charge < -0.3 is 37.2 Å². The van der Waals surface area contributed by atoms with Crippen molar-refractivity contribution < 1.29 is 29.4 Å². The van der Waals surface area contributed by atoms with E-state index in [4.69, 9.17) is 11.5 Å². The number of amides is 3. The number of carbonyl (C=O) groups excluding carboxylic acids is 3. The van der Waals surface area contributed by atoms with Crippen LogP contribution in [0.1, 0.15) is 59.3 Å². The summed E-state index contributed by atoms with van der Waals surface area (Å²) in [7, 11) is 0. The Morgan fingerprint density at radius 3 is 2.31 bits per heavy atom. The van der Waals surface area contributed by atoms with Gasteiger partial charge in [-0.1, -0.05) is 20.3 Å². The van der Waals surface area contributed by atoms with Gasteiger partial charge in [0.25, 0.3) is 0 Å². The monoisotopic (exact) mass is 457 g/mol. The minimum atomic E-state index is -1.20. The molecule has 0 aromatic rings. The number of carboxylic acid groups (broad SMARTS) is 1. The van der Waals surface area contributed by atoms with Crippen molar-refractivity contribution in [3.63, 3.8) is 0 Å². The van der Waals surface area contributed by atoms with E-state index in [0.29, 0.717) is 51.6 Å². The van der Waals surface area contributed by atoms with E-state index in [9.17, 15) is 29.4 Å². The normalized spacial score (nSPS) is 20.7. The molecule has 0 saturated carbocycles. The molecule has 6 atom stereocenters. The standard InChI is InChI=1S/C21H39N5O6/c1-4-12(2)17(25-18(28)16(23)13(3)27)19(29)24-14(8-5-6-10-22)20(30)26-11-7-9-15(26)21(31)32/h12-17,27H,4-11,22-23H2,1-3H3,(H,24,29)(H,25,28)(H,31,32). The maximum atomic E-state index is 13.1. The summed E-state index contributed by atoms with van der Waals surface area (Å²) in [6.45, 7) is 5.76. The second-order valence-electron chi connectivity index (χ2n) is 8.51. The number of carboxylic acids is 1. The topological polar surface area (TPSA) is 188 Å². The van der Waals surface area contributed by atoms with Crippen LogP contribution in [0.15, 0.2) is 0 Å². The predicted octanol–water partition coefficient (Wildman–Crippen LogP) is -1.09. The third kappa shape index (κ3) is 7.72. The first-order valence-corrected chi connectivity index (χ1v) is 11.3. The summed E-state index contributed by atoms with van der Waals surface area (Å²) in [6.07, 6.45) is 1.95. The van der Waals surface area contributed by atoms with Crippen LogP contribution in [0.5, 0.6) is 0 Å². The zero-order valence-electron chi connectivity index (χ0n) is 19.3. The molecule has 11 nitrogen and oxygen atoms in total. The van der Waals surface area contributed by atoms with Crippen LogP contribution >= 0.6 is 0 Å². The van der Waals surface area contributed by atoms with E-state index in [1.54, 1.807) is 6.92 Å². The molecule has 0 bridgehead atoms. The summed E-state index contributed by atoms with van der Waals surface area (Å²) < 4.78 is 0. The molecule has 0 spiro atoms. The van der Waals surface area contributed by atoms with Gasteiger partial charge in [-0.2, -0.15) is 0 Å². The predicted molar refractivity (Wildman–Crippen MR) is 118 cm³/mol. The van der Waals surface area contributed by atoms with Gasteiger partial charge in [0, 0.05) is 6.54 Å². The van der Waals surface area contributed by atoms with E-state index in [1.807, 2.05) is 6.92 Å². The van der Waals surface area contributed by atoms with Crippen molar-refractivity contribution in [1.29, 1.82) is 0 Å². The smallest absolute Gasteiger partial charge is 0.326 e. The van der Waals surface area contributed by atoms with Crippen molar-refractivity contribution >= 4 is 23.7 Å². The molecule has 1 saturated heterocycles. The lowest BCUT2D eigenvalue weighted by atomic mass is 9.96. The molecule has 1 aliphatic heterocycles. The largest absolute Gasteiger partial charge is 0.480 e. The Kier molecular flexibility index (Phi) is 11.6. The summed E-state index contributed by atoms with van der Waals surface area (Å²) >= 11 is 0. The highest BCUT2D eigenvalue weighted by Gasteiger charge is 2.38. The summed E-state index contributed by atoms with van der Waals surface area (Å²) in [5, 5.41) is 24.3. The fourth-order valence-electron chi connectivity index (χ4n) is 3.67. The Labute approximate surface area is 189 Å². The molecular weight excluding hydrogens is 418 g/mol. The van der Waals surface area contributed by atoms with Gasteiger partial charge >= 0.3 is 5.97 Å². The van der Waals surface area contributed by atoms with Crippen LogP contribution in [-0.2, 0) is 19.2 Å². The van der Waals surface area contributed by atoms with Gasteiger partial charge in [-0.15, -0.1) is 0 Å². The Morgan fingerprint density at radius 2 is 1.78 bits per heavy atom. The van der Waals surface area contributed by atoms with E-state index in [0.717, 1.165) is 0 Å². The molecular formula is C21H39N5O6. The van der Waals surface area contributed by atoms with Crippen LogP contribution in [0.3, 0.4) is 0 Å². The molecule has 11 heteroatoms. The number of nitrogens with zero attached hydrogens (tertiary/aromatic N) is 1. The number of hydrogen-bond donors (Lipinski definition) is 6. The summed E-state index contributed by atoms with van der Waals surface area (Å²) in [5.41, 5.74) is 11.2. The van der Waals surface area contributed by atoms with E-state index >= 15 is 0 Å². The summed E-state index contributed by atoms with van der Waals surface area (Å²) in [6, 6.07) is -4.00. The highest BCUT2D eigenvalue weighted by Crippen LogP contribution is 2.20. The number of nitrogens with one attached hydrogen (secondary N) is 2. The van der Waals surface area contributed by atoms with Crippen LogP contribution in [0.2, 0.25) is 0 Å². The molecule has 3 amide bonds. The molecule has 6 unspecified atom stereocenters. The van der Waals surface area contributed by atoms with Crippen LogP contribution in [0, 0.1) is 5.92 Å². The Balaban J connectivity index is 3.02. The first-order valence-electron chi connectivity index (χ1n) is 11.3. The molecule has 184 valence electrons. The van der Waals surface area contributed by atoms with Crippen molar-refractivity contribution in [3.05, 3.63) is 0 Å². The second-order valence-corrected chi connectivity index (χ2v) is 8.51. The number of hydrogen-bond acceptors (Lipinski definition) is 7. The molecule has 1 rings (SSSR count). The average Bonchev–Trinajstić information content (AvgIpc) is 3.25. The molecule has 0 aromatic heterocycles. The van der Waals surface area contributed by atoms with Crippen molar-refractivity contribution in [2.24, 2.45) is 17.4 Å².